The Bertz CT molecular complexity index is 2690. The van der Waals surface area contributed by atoms with Crippen LogP contribution in [0.1, 0.15) is 11.1 Å². The van der Waals surface area contributed by atoms with E-state index in [1.165, 1.54) is 46.2 Å². The molecule has 0 radical (unpaired) electrons. The molecule has 0 spiro atoms. The molecule has 0 unspecified atom stereocenters. The summed E-state index contributed by atoms with van der Waals surface area (Å²) in [5, 5.41) is 18.4. The first kappa shape index (κ1) is 46.0. The van der Waals surface area contributed by atoms with Crippen LogP contribution in [-0.2, 0) is 42.0 Å². The molecule has 0 heterocycles. The first-order chi connectivity index (χ1) is 29.1. The third-order valence-electron chi connectivity index (χ3n) is 8.55. The maximum absolute atomic E-state index is 12.9. The van der Waals surface area contributed by atoms with Crippen molar-refractivity contribution < 1.29 is 63.0 Å². The topological polar surface area (TPSA) is 173 Å². The molecule has 0 amide bonds. The summed E-state index contributed by atoms with van der Waals surface area (Å²) >= 11 is 0. The number of alkyl halides is 6. The van der Waals surface area contributed by atoms with E-state index in [-0.39, 0.29) is 29.4 Å². The van der Waals surface area contributed by atoms with E-state index in [2.05, 4.69) is 9.44 Å². The Morgan fingerprint density at radius 1 is 0.452 bits per heavy atom. The molecule has 0 fully saturated rings. The Balaban J connectivity index is 0.000000234. The Labute approximate surface area is 351 Å². The van der Waals surface area contributed by atoms with Gasteiger partial charge in [0.2, 0.25) is 0 Å². The fourth-order valence-electron chi connectivity index (χ4n) is 5.66. The summed E-state index contributed by atoms with van der Waals surface area (Å²) in [5.41, 5.74) is 0.552. The molecule has 0 aromatic heterocycles. The molecule has 4 N–H and O–H groups in total. The average molecular weight is 901 g/mol. The van der Waals surface area contributed by atoms with Gasteiger partial charge in [0.25, 0.3) is 20.0 Å². The van der Waals surface area contributed by atoms with Gasteiger partial charge in [-0.1, -0.05) is 42.5 Å². The molecule has 20 heteroatoms. The molecule has 0 aliphatic heterocycles. The highest BCUT2D eigenvalue weighted by Crippen LogP contribution is 2.33. The molecule has 0 aliphatic rings. The van der Waals surface area contributed by atoms with E-state index >= 15 is 0 Å². The maximum atomic E-state index is 12.9. The molecular formula is C42H34F6N4O8S2. The van der Waals surface area contributed by atoms with Crippen molar-refractivity contribution in [2.24, 2.45) is 0 Å². The van der Waals surface area contributed by atoms with E-state index in [9.17, 15) is 63.0 Å². The number of nitrogens with one attached hydrogen (secondary N) is 2. The first-order valence-corrected chi connectivity index (χ1v) is 20.8. The zero-order valence-corrected chi connectivity index (χ0v) is 33.4. The third-order valence-corrected chi connectivity index (χ3v) is 11.3. The van der Waals surface area contributed by atoms with Crippen LogP contribution in [-0.4, -0.2) is 52.1 Å². The number of anilines is 6. The van der Waals surface area contributed by atoms with E-state index in [1.807, 2.05) is 0 Å². The SMILES string of the molecule is O=C(O)CN(c1ccccc1)c1ccc(NS(=O)(=O)c2ccc(C(F)(F)F)cc2)cc1.O=C(O)CN(c1ccccc1)c1ccc(NS(=O)(=O)c2cccc(C(F)(F)F)c2)cc1. The van der Waals surface area contributed by atoms with E-state index in [0.717, 1.165) is 30.3 Å². The van der Waals surface area contributed by atoms with Crippen LogP contribution in [0.3, 0.4) is 0 Å². The predicted molar refractivity (Wildman–Crippen MR) is 220 cm³/mol. The molecule has 0 atom stereocenters. The zero-order chi connectivity index (χ0) is 45.3. The van der Waals surface area contributed by atoms with Gasteiger partial charge in [0.05, 0.1) is 20.9 Å². The van der Waals surface area contributed by atoms with Crippen molar-refractivity contribution in [3.05, 3.63) is 169 Å². The van der Waals surface area contributed by atoms with Crippen LogP contribution in [0.15, 0.2) is 168 Å². The second-order valence-corrected chi connectivity index (χ2v) is 16.3. The number of para-hydroxylation sites is 2. The number of halogens is 6. The van der Waals surface area contributed by atoms with Gasteiger partial charge in [-0.25, -0.2) is 16.8 Å². The lowest BCUT2D eigenvalue weighted by atomic mass is 10.2. The van der Waals surface area contributed by atoms with Crippen LogP contribution in [0.5, 0.6) is 0 Å². The van der Waals surface area contributed by atoms with Crippen molar-refractivity contribution in [1.29, 1.82) is 0 Å². The summed E-state index contributed by atoms with van der Waals surface area (Å²) in [6, 6.07) is 35.9. The minimum Gasteiger partial charge on any atom is -0.480 e. The summed E-state index contributed by atoms with van der Waals surface area (Å²) in [5.74, 6) is -2.10. The van der Waals surface area contributed by atoms with E-state index in [0.29, 0.717) is 40.9 Å². The van der Waals surface area contributed by atoms with Gasteiger partial charge in [-0.2, -0.15) is 26.3 Å². The van der Waals surface area contributed by atoms with Gasteiger partial charge in [-0.3, -0.25) is 19.0 Å². The van der Waals surface area contributed by atoms with Crippen LogP contribution in [0.25, 0.3) is 0 Å². The molecule has 324 valence electrons. The molecule has 0 saturated heterocycles. The minimum absolute atomic E-state index is 0.115. The minimum atomic E-state index is -4.67. The summed E-state index contributed by atoms with van der Waals surface area (Å²) in [4.78, 5) is 24.7. The number of aliphatic carboxylic acids is 2. The van der Waals surface area contributed by atoms with Crippen molar-refractivity contribution in [2.45, 2.75) is 22.1 Å². The maximum Gasteiger partial charge on any atom is 0.416 e. The summed E-state index contributed by atoms with van der Waals surface area (Å²) in [6.07, 6.45) is -9.23. The van der Waals surface area contributed by atoms with Gasteiger partial charge in [0.1, 0.15) is 13.1 Å². The van der Waals surface area contributed by atoms with Crippen LogP contribution in [0, 0.1) is 0 Å². The molecular weight excluding hydrogens is 867 g/mol. The van der Waals surface area contributed by atoms with Crippen LogP contribution >= 0.6 is 0 Å². The normalized spacial score (nSPS) is 11.7. The molecule has 0 aliphatic carbocycles. The lowest BCUT2D eigenvalue weighted by Gasteiger charge is -2.23. The zero-order valence-electron chi connectivity index (χ0n) is 31.7. The van der Waals surface area contributed by atoms with Gasteiger partial charge in [0.15, 0.2) is 0 Å². The highest BCUT2D eigenvalue weighted by atomic mass is 32.2. The van der Waals surface area contributed by atoms with Crippen molar-refractivity contribution in [3.8, 4) is 0 Å². The van der Waals surface area contributed by atoms with Gasteiger partial charge in [0, 0.05) is 34.1 Å². The van der Waals surface area contributed by atoms with Gasteiger partial charge >= 0.3 is 24.3 Å². The quantitative estimate of drug-likeness (QED) is 0.0772. The van der Waals surface area contributed by atoms with Crippen molar-refractivity contribution in [1.82, 2.24) is 0 Å². The number of carbonyl (C=O) groups is 2. The summed E-state index contributed by atoms with van der Waals surface area (Å²) in [6.45, 7) is -0.625. The Morgan fingerprint density at radius 3 is 1.19 bits per heavy atom. The third kappa shape index (κ3) is 12.5. The van der Waals surface area contributed by atoms with Crippen molar-refractivity contribution in [3.63, 3.8) is 0 Å². The number of sulfonamides is 2. The Hall–Kier alpha value is -7.06. The summed E-state index contributed by atoms with van der Waals surface area (Å²) in [7, 11) is -8.36. The largest absolute Gasteiger partial charge is 0.480 e. The Morgan fingerprint density at radius 2 is 0.823 bits per heavy atom. The average Bonchev–Trinajstić information content (AvgIpc) is 3.23. The van der Waals surface area contributed by atoms with E-state index < -0.39 is 60.4 Å². The molecule has 12 nitrogen and oxygen atoms in total. The highest BCUT2D eigenvalue weighted by Gasteiger charge is 2.32. The van der Waals surface area contributed by atoms with Gasteiger partial charge < -0.3 is 20.0 Å². The fourth-order valence-corrected chi connectivity index (χ4v) is 7.82. The molecule has 0 saturated carbocycles. The van der Waals surface area contributed by atoms with E-state index in [4.69, 9.17) is 0 Å². The number of carboxylic acid groups (broad SMARTS) is 2. The number of nitrogens with zero attached hydrogens (tertiary/aromatic N) is 2. The monoisotopic (exact) mass is 900 g/mol. The fraction of sp³-hybridized carbons (Fsp3) is 0.0952. The van der Waals surface area contributed by atoms with Crippen LogP contribution < -0.4 is 19.2 Å². The molecule has 0 bridgehead atoms. The number of rotatable bonds is 14. The summed E-state index contributed by atoms with van der Waals surface area (Å²) < 4.78 is 131. The van der Waals surface area contributed by atoms with Crippen molar-refractivity contribution >= 4 is 66.1 Å². The molecule has 6 aromatic rings. The standard InChI is InChI=1S/2C21H17F3N2O4S/c22-21(23,24)15-5-4-8-19(13-15)31(29,30)25-16-9-11-18(12-10-16)26(14-20(27)28)17-6-2-1-3-7-17;22-21(23,24)15-6-12-19(13-7-15)31(29,30)25-16-8-10-18(11-9-16)26(14-20(27)28)17-4-2-1-3-5-17/h2*1-13,25H,14H2,(H,27,28). The highest BCUT2D eigenvalue weighted by molar-refractivity contribution is 7.93. The van der Waals surface area contributed by atoms with Crippen LogP contribution in [0.2, 0.25) is 0 Å². The predicted octanol–water partition coefficient (Wildman–Crippen LogP) is 9.46. The number of benzene rings is 6. The molecule has 62 heavy (non-hydrogen) atoms. The molecule has 6 rings (SSSR count). The number of hydrogen-bond acceptors (Lipinski definition) is 8. The lowest BCUT2D eigenvalue weighted by Crippen LogP contribution is -2.24. The lowest BCUT2D eigenvalue weighted by molar-refractivity contribution is -0.138. The number of carboxylic acids is 2. The van der Waals surface area contributed by atoms with Crippen LogP contribution in [0.4, 0.5) is 60.5 Å². The molecule has 6 aromatic carbocycles. The Kier molecular flexibility index (Phi) is 14.2. The number of hydrogen-bond donors (Lipinski definition) is 4. The van der Waals surface area contributed by atoms with Gasteiger partial charge in [-0.15, -0.1) is 0 Å². The second-order valence-electron chi connectivity index (χ2n) is 13.0. The first-order valence-electron chi connectivity index (χ1n) is 17.8. The van der Waals surface area contributed by atoms with Gasteiger partial charge in [-0.05, 0) is 115 Å². The van der Waals surface area contributed by atoms with E-state index in [1.54, 1.807) is 72.8 Å². The smallest absolute Gasteiger partial charge is 0.416 e. The van der Waals surface area contributed by atoms with Crippen molar-refractivity contribution in [2.75, 3.05) is 32.3 Å². The second kappa shape index (κ2) is 19.1.